The summed E-state index contributed by atoms with van der Waals surface area (Å²) in [6, 6.07) is 9.32. The van der Waals surface area contributed by atoms with Gasteiger partial charge in [-0.25, -0.2) is 13.9 Å². The first kappa shape index (κ1) is 14.2. The fraction of sp³-hybridized carbons (Fsp3) is 0.188. The fourth-order valence-corrected chi connectivity index (χ4v) is 2.10. The SMILES string of the molecule is CC(C)c1nc2c(NC(=O)c3ccccc3F)cccn2n1. The van der Waals surface area contributed by atoms with Crippen LogP contribution in [-0.4, -0.2) is 20.5 Å². The Balaban J connectivity index is 1.97. The van der Waals surface area contributed by atoms with E-state index in [2.05, 4.69) is 15.4 Å². The molecular formula is C16H15FN4O. The monoisotopic (exact) mass is 298 g/mol. The lowest BCUT2D eigenvalue weighted by molar-refractivity contribution is 0.102. The third-order valence-corrected chi connectivity index (χ3v) is 3.26. The summed E-state index contributed by atoms with van der Waals surface area (Å²) in [5.74, 6) is -0.209. The topological polar surface area (TPSA) is 59.3 Å². The van der Waals surface area contributed by atoms with Gasteiger partial charge in [-0.2, -0.15) is 5.10 Å². The van der Waals surface area contributed by atoms with Crippen LogP contribution < -0.4 is 5.32 Å². The largest absolute Gasteiger partial charge is 0.319 e. The molecule has 0 radical (unpaired) electrons. The first-order valence-electron chi connectivity index (χ1n) is 6.97. The van der Waals surface area contributed by atoms with Gasteiger partial charge in [0, 0.05) is 12.1 Å². The van der Waals surface area contributed by atoms with Gasteiger partial charge in [-0.3, -0.25) is 4.79 Å². The number of carbonyl (C=O) groups is 1. The number of carbonyl (C=O) groups excluding carboxylic acids is 1. The van der Waals surface area contributed by atoms with Gasteiger partial charge in [-0.15, -0.1) is 0 Å². The first-order chi connectivity index (χ1) is 10.6. The smallest absolute Gasteiger partial charge is 0.258 e. The quantitative estimate of drug-likeness (QED) is 0.807. The molecule has 0 unspecified atom stereocenters. The van der Waals surface area contributed by atoms with Crippen molar-refractivity contribution in [3.05, 3.63) is 59.8 Å². The molecule has 1 N–H and O–H groups in total. The molecule has 2 heterocycles. The Kier molecular flexibility index (Phi) is 3.58. The summed E-state index contributed by atoms with van der Waals surface area (Å²) in [5.41, 5.74) is 1.03. The van der Waals surface area contributed by atoms with Crippen molar-refractivity contribution in [3.8, 4) is 0 Å². The number of aromatic nitrogens is 3. The van der Waals surface area contributed by atoms with Crippen LogP contribution in [0.1, 0.15) is 35.9 Å². The molecule has 0 spiro atoms. The van der Waals surface area contributed by atoms with Gasteiger partial charge < -0.3 is 5.32 Å². The molecule has 2 aromatic heterocycles. The highest BCUT2D eigenvalue weighted by molar-refractivity contribution is 6.06. The van der Waals surface area contributed by atoms with E-state index in [1.807, 2.05) is 13.8 Å². The van der Waals surface area contributed by atoms with Crippen molar-refractivity contribution in [3.63, 3.8) is 0 Å². The summed E-state index contributed by atoms with van der Waals surface area (Å²) in [4.78, 5) is 16.6. The van der Waals surface area contributed by atoms with E-state index >= 15 is 0 Å². The molecule has 3 rings (SSSR count). The van der Waals surface area contributed by atoms with Crippen LogP contribution in [0.2, 0.25) is 0 Å². The van der Waals surface area contributed by atoms with Crippen molar-refractivity contribution >= 4 is 17.2 Å². The number of nitrogens with zero attached hydrogens (tertiary/aromatic N) is 3. The molecule has 0 aliphatic heterocycles. The van der Waals surface area contributed by atoms with Gasteiger partial charge in [0.2, 0.25) is 0 Å². The minimum Gasteiger partial charge on any atom is -0.319 e. The number of anilines is 1. The molecule has 6 heteroatoms. The van der Waals surface area contributed by atoms with Gasteiger partial charge in [0.15, 0.2) is 11.5 Å². The highest BCUT2D eigenvalue weighted by atomic mass is 19.1. The zero-order valence-electron chi connectivity index (χ0n) is 12.2. The Bertz CT molecular complexity index is 841. The van der Waals surface area contributed by atoms with Gasteiger partial charge in [0.05, 0.1) is 11.3 Å². The normalized spacial score (nSPS) is 11.1. The molecule has 0 aliphatic rings. The van der Waals surface area contributed by atoms with Crippen LogP contribution in [0.15, 0.2) is 42.6 Å². The number of fused-ring (bicyclic) bond motifs is 1. The number of nitrogens with one attached hydrogen (secondary N) is 1. The predicted octanol–water partition coefficient (Wildman–Crippen LogP) is 3.24. The summed E-state index contributed by atoms with van der Waals surface area (Å²) in [6.07, 6.45) is 1.76. The van der Waals surface area contributed by atoms with Crippen LogP contribution in [0.4, 0.5) is 10.1 Å². The van der Waals surface area contributed by atoms with E-state index in [0.717, 1.165) is 0 Å². The van der Waals surface area contributed by atoms with E-state index in [9.17, 15) is 9.18 Å². The zero-order valence-corrected chi connectivity index (χ0v) is 12.2. The number of hydrogen-bond donors (Lipinski definition) is 1. The summed E-state index contributed by atoms with van der Waals surface area (Å²) in [5, 5.41) is 7.04. The van der Waals surface area contributed by atoms with E-state index < -0.39 is 11.7 Å². The Morgan fingerprint density at radius 2 is 2.00 bits per heavy atom. The van der Waals surface area contributed by atoms with Crippen molar-refractivity contribution in [2.24, 2.45) is 0 Å². The highest BCUT2D eigenvalue weighted by Crippen LogP contribution is 2.19. The lowest BCUT2D eigenvalue weighted by atomic mass is 10.2. The van der Waals surface area contributed by atoms with Crippen LogP contribution >= 0.6 is 0 Å². The maximum Gasteiger partial charge on any atom is 0.258 e. The minimum absolute atomic E-state index is 0.00639. The third-order valence-electron chi connectivity index (χ3n) is 3.26. The number of benzene rings is 1. The van der Waals surface area contributed by atoms with Gasteiger partial charge in [0.1, 0.15) is 5.82 Å². The second kappa shape index (κ2) is 5.55. The maximum absolute atomic E-state index is 13.7. The number of halogens is 1. The average molecular weight is 298 g/mol. The third kappa shape index (κ3) is 2.55. The van der Waals surface area contributed by atoms with Crippen molar-refractivity contribution in [2.75, 3.05) is 5.32 Å². The molecule has 112 valence electrons. The predicted molar refractivity (Wildman–Crippen MR) is 81.4 cm³/mol. The van der Waals surface area contributed by atoms with Crippen LogP contribution in [0.25, 0.3) is 5.65 Å². The average Bonchev–Trinajstić information content (AvgIpc) is 2.93. The number of hydrogen-bond acceptors (Lipinski definition) is 3. The molecule has 5 nitrogen and oxygen atoms in total. The summed E-state index contributed by atoms with van der Waals surface area (Å²) >= 11 is 0. The van der Waals surface area contributed by atoms with Crippen LogP contribution in [-0.2, 0) is 0 Å². The standard InChI is InChI=1S/C16H15FN4O/c1-10(2)14-19-15-13(8-5-9-21(15)20-14)18-16(22)11-6-3-4-7-12(11)17/h3-10H,1-2H3,(H,18,22). The Morgan fingerprint density at radius 1 is 1.23 bits per heavy atom. The summed E-state index contributed by atoms with van der Waals surface area (Å²) < 4.78 is 15.3. The van der Waals surface area contributed by atoms with E-state index in [4.69, 9.17) is 0 Å². The second-order valence-corrected chi connectivity index (χ2v) is 5.25. The fourth-order valence-electron chi connectivity index (χ4n) is 2.10. The Hall–Kier alpha value is -2.76. The molecule has 1 amide bonds. The molecule has 3 aromatic rings. The molecule has 0 fully saturated rings. The van der Waals surface area contributed by atoms with Gasteiger partial charge in [-0.05, 0) is 24.3 Å². The van der Waals surface area contributed by atoms with Crippen LogP contribution in [0, 0.1) is 5.82 Å². The van der Waals surface area contributed by atoms with E-state index in [1.165, 1.54) is 12.1 Å². The number of amides is 1. The van der Waals surface area contributed by atoms with Crippen molar-refractivity contribution < 1.29 is 9.18 Å². The Labute approximate surface area is 126 Å². The van der Waals surface area contributed by atoms with Crippen molar-refractivity contribution in [1.29, 1.82) is 0 Å². The molecule has 1 aromatic carbocycles. The lowest BCUT2D eigenvalue weighted by Crippen LogP contribution is -2.14. The minimum atomic E-state index is -0.559. The summed E-state index contributed by atoms with van der Waals surface area (Å²) in [6.45, 7) is 3.98. The van der Waals surface area contributed by atoms with Gasteiger partial charge in [0.25, 0.3) is 5.91 Å². The van der Waals surface area contributed by atoms with Gasteiger partial charge in [-0.1, -0.05) is 26.0 Å². The molecule has 0 aliphatic carbocycles. The molecule has 0 saturated heterocycles. The van der Waals surface area contributed by atoms with E-state index in [-0.39, 0.29) is 11.5 Å². The zero-order chi connectivity index (χ0) is 15.7. The highest BCUT2D eigenvalue weighted by Gasteiger charge is 2.15. The molecule has 22 heavy (non-hydrogen) atoms. The molecule has 0 atom stereocenters. The number of pyridine rings is 1. The summed E-state index contributed by atoms with van der Waals surface area (Å²) in [7, 11) is 0. The lowest BCUT2D eigenvalue weighted by Gasteiger charge is -2.06. The number of rotatable bonds is 3. The van der Waals surface area contributed by atoms with E-state index in [1.54, 1.807) is 35.0 Å². The van der Waals surface area contributed by atoms with Crippen LogP contribution in [0.3, 0.4) is 0 Å². The second-order valence-electron chi connectivity index (χ2n) is 5.25. The molecule has 0 bridgehead atoms. The van der Waals surface area contributed by atoms with Crippen LogP contribution in [0.5, 0.6) is 0 Å². The molecule has 0 saturated carbocycles. The Morgan fingerprint density at radius 3 is 2.73 bits per heavy atom. The molecular weight excluding hydrogens is 283 g/mol. The van der Waals surface area contributed by atoms with Crippen molar-refractivity contribution in [1.82, 2.24) is 14.6 Å². The van der Waals surface area contributed by atoms with Gasteiger partial charge >= 0.3 is 0 Å². The maximum atomic E-state index is 13.7. The van der Waals surface area contributed by atoms with Crippen molar-refractivity contribution in [2.45, 2.75) is 19.8 Å². The first-order valence-corrected chi connectivity index (χ1v) is 6.97. The van der Waals surface area contributed by atoms with E-state index in [0.29, 0.717) is 17.2 Å².